The van der Waals surface area contributed by atoms with E-state index in [9.17, 15) is 13.2 Å². The van der Waals surface area contributed by atoms with Crippen LogP contribution in [0.5, 0.6) is 5.75 Å². The van der Waals surface area contributed by atoms with Crippen LogP contribution >= 0.6 is 0 Å². The average molecular weight is 416 g/mol. The van der Waals surface area contributed by atoms with Crippen molar-refractivity contribution in [2.45, 2.75) is 11.4 Å². The number of nitrogens with one attached hydrogen (secondary N) is 1. The van der Waals surface area contributed by atoms with Gasteiger partial charge in [0.2, 0.25) is 15.8 Å². The van der Waals surface area contributed by atoms with Crippen molar-refractivity contribution < 1.29 is 22.5 Å². The van der Waals surface area contributed by atoms with Gasteiger partial charge in [-0.2, -0.15) is 4.98 Å². The highest BCUT2D eigenvalue weighted by Gasteiger charge is 2.19. The Morgan fingerprint density at radius 3 is 2.55 bits per heavy atom. The number of sulfonamides is 1. The molecule has 9 nitrogen and oxygen atoms in total. The van der Waals surface area contributed by atoms with Gasteiger partial charge in [-0.25, -0.2) is 12.7 Å². The molecule has 1 amide bonds. The molecule has 0 unspecified atom stereocenters. The average Bonchev–Trinajstić information content (AvgIpc) is 3.22. The zero-order valence-corrected chi connectivity index (χ0v) is 16.9. The number of methoxy groups -OCH3 is 1. The Hall–Kier alpha value is -3.24. The van der Waals surface area contributed by atoms with Gasteiger partial charge in [-0.15, -0.1) is 0 Å². The predicted octanol–water partition coefficient (Wildman–Crippen LogP) is 1.93. The summed E-state index contributed by atoms with van der Waals surface area (Å²) in [4.78, 5) is 16.5. The number of nitrogens with zero attached hydrogens (tertiary/aromatic N) is 3. The van der Waals surface area contributed by atoms with Crippen LogP contribution in [0.2, 0.25) is 0 Å². The van der Waals surface area contributed by atoms with Gasteiger partial charge in [0.15, 0.2) is 0 Å². The van der Waals surface area contributed by atoms with Crippen LogP contribution < -0.4 is 10.1 Å². The summed E-state index contributed by atoms with van der Waals surface area (Å²) in [6, 6.07) is 13.3. The molecule has 0 atom stereocenters. The number of hydrogen-bond donors (Lipinski definition) is 1. The topological polar surface area (TPSA) is 115 Å². The maximum Gasteiger partial charge on any atom is 0.316 e. The van der Waals surface area contributed by atoms with Crippen LogP contribution in [-0.2, 0) is 16.6 Å². The van der Waals surface area contributed by atoms with Gasteiger partial charge in [0, 0.05) is 26.2 Å². The van der Waals surface area contributed by atoms with Crippen molar-refractivity contribution in [1.29, 1.82) is 0 Å². The number of benzene rings is 2. The number of carbonyl (C=O) groups is 1. The normalized spacial score (nSPS) is 11.4. The summed E-state index contributed by atoms with van der Waals surface area (Å²) in [6.07, 6.45) is 0. The number of aromatic nitrogens is 2. The van der Waals surface area contributed by atoms with Crippen LogP contribution in [0.15, 0.2) is 57.9 Å². The number of ether oxygens (including phenoxy) is 1. The fourth-order valence-corrected chi connectivity index (χ4v) is 3.36. The van der Waals surface area contributed by atoms with Crippen molar-refractivity contribution in [2.75, 3.05) is 21.2 Å². The molecule has 152 valence electrons. The highest BCUT2D eigenvalue weighted by Crippen LogP contribution is 2.20. The first-order chi connectivity index (χ1) is 13.8. The molecule has 1 N–H and O–H groups in total. The van der Waals surface area contributed by atoms with Crippen molar-refractivity contribution in [1.82, 2.24) is 19.8 Å². The molecule has 29 heavy (non-hydrogen) atoms. The third kappa shape index (κ3) is 4.61. The summed E-state index contributed by atoms with van der Waals surface area (Å²) in [7, 11) is 0.957. The number of rotatable bonds is 7. The molecule has 0 saturated heterocycles. The molecule has 0 aliphatic rings. The maximum atomic E-state index is 12.3. The van der Waals surface area contributed by atoms with Crippen LogP contribution in [0.1, 0.15) is 16.2 Å². The predicted molar refractivity (Wildman–Crippen MR) is 105 cm³/mol. The number of carbonyl (C=O) groups excluding carboxylic acids is 1. The Morgan fingerprint density at radius 1 is 1.17 bits per heavy atom. The molecule has 1 heterocycles. The second-order valence-electron chi connectivity index (χ2n) is 6.27. The van der Waals surface area contributed by atoms with E-state index in [1.165, 1.54) is 26.2 Å². The van der Waals surface area contributed by atoms with E-state index in [0.29, 0.717) is 11.3 Å². The minimum atomic E-state index is -3.53. The zero-order chi connectivity index (χ0) is 21.0. The van der Waals surface area contributed by atoms with E-state index in [0.717, 1.165) is 9.87 Å². The highest BCUT2D eigenvalue weighted by atomic mass is 32.2. The van der Waals surface area contributed by atoms with Gasteiger partial charge in [0.05, 0.1) is 12.0 Å². The number of hydrogen-bond acceptors (Lipinski definition) is 7. The first-order valence-corrected chi connectivity index (χ1v) is 10.0. The van der Waals surface area contributed by atoms with Crippen LogP contribution in [0.4, 0.5) is 0 Å². The summed E-state index contributed by atoms with van der Waals surface area (Å²) in [5.41, 5.74) is 1.38. The number of amides is 1. The van der Waals surface area contributed by atoms with Crippen molar-refractivity contribution in [3.05, 3.63) is 60.0 Å². The highest BCUT2D eigenvalue weighted by molar-refractivity contribution is 7.89. The molecule has 2 aromatic carbocycles. The Balaban J connectivity index is 1.69. The van der Waals surface area contributed by atoms with Crippen LogP contribution in [0.3, 0.4) is 0 Å². The summed E-state index contributed by atoms with van der Waals surface area (Å²) in [5.74, 6) is 0.174. The first-order valence-electron chi connectivity index (χ1n) is 8.59. The maximum absolute atomic E-state index is 12.3. The van der Waals surface area contributed by atoms with E-state index < -0.39 is 15.9 Å². The SMILES string of the molecule is COc1cccc(CNC(=O)c2nc(-c3ccc(S(=O)(=O)N(C)C)cc3)no2)c1. The molecule has 0 radical (unpaired) electrons. The minimum absolute atomic E-state index is 0.144. The molecule has 0 aliphatic carbocycles. The lowest BCUT2D eigenvalue weighted by molar-refractivity contribution is 0.0907. The molecule has 3 aromatic rings. The molecule has 3 rings (SSSR count). The second-order valence-corrected chi connectivity index (χ2v) is 8.42. The van der Waals surface area contributed by atoms with Gasteiger partial charge < -0.3 is 14.6 Å². The quantitative estimate of drug-likeness (QED) is 0.626. The Bertz CT molecular complexity index is 1110. The van der Waals surface area contributed by atoms with Crippen molar-refractivity contribution in [3.63, 3.8) is 0 Å². The monoisotopic (exact) mass is 416 g/mol. The van der Waals surface area contributed by atoms with Gasteiger partial charge in [0.25, 0.3) is 0 Å². The van der Waals surface area contributed by atoms with Crippen molar-refractivity contribution >= 4 is 15.9 Å². The fourth-order valence-electron chi connectivity index (χ4n) is 2.46. The second kappa shape index (κ2) is 8.41. The van der Waals surface area contributed by atoms with Gasteiger partial charge in [0.1, 0.15) is 5.75 Å². The third-order valence-electron chi connectivity index (χ3n) is 4.10. The summed E-state index contributed by atoms with van der Waals surface area (Å²) in [6.45, 7) is 0.269. The minimum Gasteiger partial charge on any atom is -0.497 e. The first kappa shape index (κ1) is 20.5. The molecule has 1 aromatic heterocycles. The third-order valence-corrected chi connectivity index (χ3v) is 5.93. The van der Waals surface area contributed by atoms with Crippen LogP contribution in [0.25, 0.3) is 11.4 Å². The van der Waals surface area contributed by atoms with Gasteiger partial charge in [-0.1, -0.05) is 17.3 Å². The molecular weight excluding hydrogens is 396 g/mol. The standard InChI is InChI=1S/C19H20N4O5S/c1-23(2)29(25,26)16-9-7-14(8-10-16)17-21-19(28-22-17)18(24)20-12-13-5-4-6-15(11-13)27-3/h4-11H,12H2,1-3H3,(H,20,24). The lowest BCUT2D eigenvalue weighted by atomic mass is 10.2. The molecule has 0 fully saturated rings. The molecule has 0 bridgehead atoms. The molecular formula is C19H20N4O5S. The van der Waals surface area contributed by atoms with Crippen LogP contribution in [-0.4, -0.2) is 50.0 Å². The van der Waals surface area contributed by atoms with E-state index in [2.05, 4.69) is 15.5 Å². The van der Waals surface area contributed by atoms with Gasteiger partial charge in [-0.3, -0.25) is 4.79 Å². The summed E-state index contributed by atoms with van der Waals surface area (Å²) >= 11 is 0. The van der Waals surface area contributed by atoms with Crippen LogP contribution in [0, 0.1) is 0 Å². The Kier molecular flexibility index (Phi) is 5.95. The van der Waals surface area contributed by atoms with Gasteiger partial charge >= 0.3 is 11.8 Å². The molecule has 0 aliphatic heterocycles. The lowest BCUT2D eigenvalue weighted by Gasteiger charge is -2.11. The summed E-state index contributed by atoms with van der Waals surface area (Å²) in [5, 5.41) is 6.49. The van der Waals surface area contributed by atoms with E-state index in [1.54, 1.807) is 19.2 Å². The molecule has 10 heteroatoms. The largest absolute Gasteiger partial charge is 0.497 e. The Morgan fingerprint density at radius 2 is 1.90 bits per heavy atom. The molecule has 0 saturated carbocycles. The van der Waals surface area contributed by atoms with Crippen molar-refractivity contribution in [2.24, 2.45) is 0 Å². The van der Waals surface area contributed by atoms with E-state index in [4.69, 9.17) is 9.26 Å². The van der Waals surface area contributed by atoms with E-state index in [1.807, 2.05) is 24.3 Å². The Labute approximate surface area is 168 Å². The van der Waals surface area contributed by atoms with E-state index >= 15 is 0 Å². The van der Waals surface area contributed by atoms with Crippen molar-refractivity contribution in [3.8, 4) is 17.1 Å². The molecule has 0 spiro atoms. The lowest BCUT2D eigenvalue weighted by Crippen LogP contribution is -2.23. The van der Waals surface area contributed by atoms with Gasteiger partial charge in [-0.05, 0) is 42.0 Å². The fraction of sp³-hybridized carbons (Fsp3) is 0.211. The smallest absolute Gasteiger partial charge is 0.316 e. The van der Waals surface area contributed by atoms with E-state index in [-0.39, 0.29) is 23.2 Å². The zero-order valence-electron chi connectivity index (χ0n) is 16.1. The summed E-state index contributed by atoms with van der Waals surface area (Å²) < 4.78 is 35.5.